The van der Waals surface area contributed by atoms with Crippen LogP contribution in [0, 0.1) is 0 Å². The zero-order chi connectivity index (χ0) is 17.5. The van der Waals surface area contributed by atoms with Gasteiger partial charge in [0.15, 0.2) is 0 Å². The first-order valence-electron chi connectivity index (χ1n) is 7.75. The van der Waals surface area contributed by atoms with Crippen molar-refractivity contribution >= 4 is 29.0 Å². The molecule has 0 radical (unpaired) electrons. The number of thioether (sulfide) groups is 1. The van der Waals surface area contributed by atoms with Gasteiger partial charge >= 0.3 is 0 Å². The van der Waals surface area contributed by atoms with Gasteiger partial charge in [0.2, 0.25) is 0 Å². The molecule has 1 N–H and O–H groups in total. The number of anilines is 2. The maximum Gasteiger partial charge on any atom is 0.288 e. The summed E-state index contributed by atoms with van der Waals surface area (Å²) in [5.41, 5.74) is 2.03. The molecule has 0 aromatic heterocycles. The van der Waals surface area contributed by atoms with Crippen molar-refractivity contribution in [3.63, 3.8) is 0 Å². The minimum atomic E-state index is -2.43. The van der Waals surface area contributed by atoms with Gasteiger partial charge < -0.3 is 10.2 Å². The maximum absolute atomic E-state index is 12.6. The quantitative estimate of drug-likeness (QED) is 0.694. The van der Waals surface area contributed by atoms with Crippen LogP contribution in [0.4, 0.5) is 20.2 Å². The zero-order valence-corrected chi connectivity index (χ0v) is 14.4. The molecule has 1 amide bonds. The Morgan fingerprint density at radius 2 is 1.71 bits per heavy atom. The summed E-state index contributed by atoms with van der Waals surface area (Å²) < 4.78 is 24.7. The van der Waals surface area contributed by atoms with Gasteiger partial charge in [-0.25, -0.2) is 0 Å². The summed E-state index contributed by atoms with van der Waals surface area (Å²) in [4.78, 5) is 14.8. The summed E-state index contributed by atoms with van der Waals surface area (Å²) in [6.07, 6.45) is 0. The van der Waals surface area contributed by atoms with Gasteiger partial charge in [-0.1, -0.05) is 23.9 Å². The number of carbonyl (C=O) groups is 1. The predicted molar refractivity (Wildman–Crippen MR) is 95.3 cm³/mol. The highest BCUT2D eigenvalue weighted by Crippen LogP contribution is 2.28. The number of nitrogens with zero attached hydrogens (tertiary/aromatic N) is 1. The van der Waals surface area contributed by atoms with Crippen LogP contribution in [0.15, 0.2) is 53.4 Å². The first kappa shape index (κ1) is 18.3. The number of hydrogen-bond donors (Lipinski definition) is 1. The lowest BCUT2D eigenvalue weighted by Crippen LogP contribution is -2.30. The van der Waals surface area contributed by atoms with Crippen molar-refractivity contribution in [1.29, 1.82) is 0 Å². The summed E-state index contributed by atoms with van der Waals surface area (Å²) in [5.74, 6) is -2.47. The van der Waals surface area contributed by atoms with Crippen LogP contribution in [0.3, 0.4) is 0 Å². The molecule has 0 bridgehead atoms. The Morgan fingerprint density at radius 1 is 1.08 bits per heavy atom. The summed E-state index contributed by atoms with van der Waals surface area (Å²) in [6, 6.07) is 14.0. The molecule has 24 heavy (non-hydrogen) atoms. The highest BCUT2D eigenvalue weighted by molar-refractivity contribution is 7.99. The molecular formula is C18H20F2N2OS. The van der Waals surface area contributed by atoms with Gasteiger partial charge in [-0.2, -0.15) is 8.78 Å². The summed E-state index contributed by atoms with van der Waals surface area (Å²) in [5, 5.41) is 3.19. The Kier molecular flexibility index (Phi) is 6.61. The van der Waals surface area contributed by atoms with Crippen molar-refractivity contribution in [3.8, 4) is 0 Å². The summed E-state index contributed by atoms with van der Waals surface area (Å²) >= 11 is 0.509. The maximum atomic E-state index is 12.6. The van der Waals surface area contributed by atoms with E-state index in [0.29, 0.717) is 41.0 Å². The molecule has 0 heterocycles. The third-order valence-corrected chi connectivity index (χ3v) is 4.29. The number of nitrogens with one attached hydrogen (secondary N) is 1. The highest BCUT2D eigenvalue weighted by atomic mass is 32.2. The lowest BCUT2D eigenvalue weighted by Gasteiger charge is -2.20. The van der Waals surface area contributed by atoms with Crippen molar-refractivity contribution in [1.82, 2.24) is 4.90 Å². The van der Waals surface area contributed by atoms with E-state index in [1.165, 1.54) is 0 Å². The predicted octanol–water partition coefficient (Wildman–Crippen LogP) is 5.23. The van der Waals surface area contributed by atoms with Crippen LogP contribution in [0.25, 0.3) is 0 Å². The smallest absolute Gasteiger partial charge is 0.288 e. The fraction of sp³-hybridized carbons (Fsp3) is 0.278. The zero-order valence-electron chi connectivity index (χ0n) is 13.6. The lowest BCUT2D eigenvalue weighted by molar-refractivity contribution is 0.0774. The Hall–Kier alpha value is -2.08. The third kappa shape index (κ3) is 4.71. The van der Waals surface area contributed by atoms with Crippen LogP contribution in [0.1, 0.15) is 24.2 Å². The molecule has 2 aromatic rings. The molecule has 2 rings (SSSR count). The lowest BCUT2D eigenvalue weighted by atomic mass is 10.1. The molecule has 2 aromatic carbocycles. The van der Waals surface area contributed by atoms with E-state index >= 15 is 0 Å². The second kappa shape index (κ2) is 8.68. The Labute approximate surface area is 145 Å². The molecule has 128 valence electrons. The fourth-order valence-corrected chi connectivity index (χ4v) is 2.83. The van der Waals surface area contributed by atoms with Crippen LogP contribution >= 0.6 is 11.8 Å². The van der Waals surface area contributed by atoms with E-state index in [-0.39, 0.29) is 5.91 Å². The van der Waals surface area contributed by atoms with Gasteiger partial charge in [-0.15, -0.1) is 0 Å². The molecule has 0 saturated heterocycles. The van der Waals surface area contributed by atoms with Gasteiger partial charge in [-0.3, -0.25) is 4.79 Å². The van der Waals surface area contributed by atoms with Crippen LogP contribution in [0.2, 0.25) is 0 Å². The van der Waals surface area contributed by atoms with E-state index in [4.69, 9.17) is 0 Å². The van der Waals surface area contributed by atoms with Crippen molar-refractivity contribution in [3.05, 3.63) is 54.1 Å². The fourth-order valence-electron chi connectivity index (χ4n) is 2.33. The topological polar surface area (TPSA) is 32.3 Å². The Morgan fingerprint density at radius 3 is 2.29 bits per heavy atom. The largest absolute Gasteiger partial charge is 0.355 e. The normalized spacial score (nSPS) is 10.7. The van der Waals surface area contributed by atoms with Gasteiger partial charge in [0, 0.05) is 23.7 Å². The van der Waals surface area contributed by atoms with Gasteiger partial charge in [-0.05, 0) is 50.2 Å². The minimum Gasteiger partial charge on any atom is -0.355 e. The first-order valence-corrected chi connectivity index (χ1v) is 8.63. The molecule has 0 aliphatic carbocycles. The number of carbonyl (C=O) groups excluding carboxylic acids is 1. The molecular weight excluding hydrogens is 330 g/mol. The number of amides is 1. The van der Waals surface area contributed by atoms with Crippen LogP contribution in [-0.2, 0) is 0 Å². The van der Waals surface area contributed by atoms with E-state index in [1.807, 2.05) is 32.0 Å². The van der Waals surface area contributed by atoms with E-state index in [1.54, 1.807) is 35.2 Å². The molecule has 0 spiro atoms. The monoisotopic (exact) mass is 350 g/mol. The number of hydrogen-bond acceptors (Lipinski definition) is 3. The van der Waals surface area contributed by atoms with Crippen molar-refractivity contribution in [2.75, 3.05) is 18.4 Å². The van der Waals surface area contributed by atoms with Crippen molar-refractivity contribution in [2.24, 2.45) is 0 Å². The summed E-state index contributed by atoms with van der Waals surface area (Å²) in [6.45, 7) is 5.17. The molecule has 0 aliphatic rings. The van der Waals surface area contributed by atoms with Gasteiger partial charge in [0.1, 0.15) is 0 Å². The third-order valence-electron chi connectivity index (χ3n) is 3.57. The van der Waals surface area contributed by atoms with Crippen LogP contribution < -0.4 is 5.32 Å². The van der Waals surface area contributed by atoms with Crippen molar-refractivity contribution < 1.29 is 13.6 Å². The molecule has 0 atom stereocenters. The first-order chi connectivity index (χ1) is 11.5. The molecule has 0 saturated carbocycles. The Bertz CT molecular complexity index is 673. The van der Waals surface area contributed by atoms with Gasteiger partial charge in [0.05, 0.1) is 11.3 Å². The molecule has 0 aliphatic heterocycles. The average molecular weight is 350 g/mol. The van der Waals surface area contributed by atoms with Crippen LogP contribution in [0.5, 0.6) is 0 Å². The minimum absolute atomic E-state index is 0.0343. The molecule has 0 fully saturated rings. The molecule has 3 nitrogen and oxygen atoms in total. The Balaban J connectivity index is 2.19. The van der Waals surface area contributed by atoms with E-state index in [9.17, 15) is 13.6 Å². The standard InChI is InChI=1S/C18H20F2N2OS/c1-3-22(4-2)17(23)15-7-5-6-8-16(15)21-13-9-11-14(12-10-13)24-18(19)20/h5-12,18,21H,3-4H2,1-2H3. The van der Waals surface area contributed by atoms with Gasteiger partial charge in [0.25, 0.3) is 11.7 Å². The average Bonchev–Trinajstić information content (AvgIpc) is 2.57. The second-order valence-corrected chi connectivity index (χ2v) is 6.11. The summed E-state index contributed by atoms with van der Waals surface area (Å²) in [7, 11) is 0. The molecule has 6 heteroatoms. The van der Waals surface area contributed by atoms with E-state index in [0.717, 1.165) is 5.69 Å². The highest BCUT2D eigenvalue weighted by Gasteiger charge is 2.16. The SMILES string of the molecule is CCN(CC)C(=O)c1ccccc1Nc1ccc(SC(F)F)cc1. The van der Waals surface area contributed by atoms with Crippen molar-refractivity contribution in [2.45, 2.75) is 24.5 Å². The number of benzene rings is 2. The number of halogens is 2. The second-order valence-electron chi connectivity index (χ2n) is 5.05. The van der Waals surface area contributed by atoms with E-state index in [2.05, 4.69) is 5.32 Å². The van der Waals surface area contributed by atoms with E-state index < -0.39 is 5.76 Å². The number of rotatable bonds is 7. The number of para-hydroxylation sites is 1. The molecule has 0 unspecified atom stereocenters. The number of alkyl halides is 2. The van der Waals surface area contributed by atoms with Crippen LogP contribution in [-0.4, -0.2) is 29.7 Å².